The van der Waals surface area contributed by atoms with E-state index in [0.29, 0.717) is 39.0 Å². The maximum absolute atomic E-state index is 12.3. The summed E-state index contributed by atoms with van der Waals surface area (Å²) in [7, 11) is 0. The Kier molecular flexibility index (Phi) is 6.10. The summed E-state index contributed by atoms with van der Waals surface area (Å²) in [5, 5.41) is 13.0. The number of nitrogens with zero attached hydrogens (tertiary/aromatic N) is 2. The Hall–Kier alpha value is -1.06. The summed E-state index contributed by atoms with van der Waals surface area (Å²) < 4.78 is 42.1. The third-order valence-electron chi connectivity index (χ3n) is 4.35. The lowest BCUT2D eigenvalue weighted by molar-refractivity contribution is -0.148. The van der Waals surface area contributed by atoms with Crippen LogP contribution in [0.5, 0.6) is 0 Å². The van der Waals surface area contributed by atoms with Gasteiger partial charge in [-0.25, -0.2) is 4.79 Å². The van der Waals surface area contributed by atoms with E-state index in [0.717, 1.165) is 0 Å². The zero-order valence-corrected chi connectivity index (χ0v) is 13.1. The number of aliphatic hydroxyl groups is 1. The number of hydrogen-bond acceptors (Lipinski definition) is 4. The van der Waals surface area contributed by atoms with Crippen LogP contribution < -0.4 is 5.32 Å². The van der Waals surface area contributed by atoms with Crippen molar-refractivity contribution in [2.75, 3.05) is 52.5 Å². The highest BCUT2D eigenvalue weighted by Gasteiger charge is 2.33. The molecular formula is C14H24F3N3O3. The van der Waals surface area contributed by atoms with Crippen molar-refractivity contribution >= 4 is 6.03 Å². The molecule has 134 valence electrons. The van der Waals surface area contributed by atoms with Gasteiger partial charge in [-0.05, 0) is 19.3 Å². The molecule has 2 fully saturated rings. The molecule has 6 nitrogen and oxygen atoms in total. The van der Waals surface area contributed by atoms with Crippen LogP contribution in [0.2, 0.25) is 0 Å². The van der Waals surface area contributed by atoms with E-state index in [-0.39, 0.29) is 32.2 Å². The minimum absolute atomic E-state index is 0.216. The fourth-order valence-electron chi connectivity index (χ4n) is 2.88. The van der Waals surface area contributed by atoms with Gasteiger partial charge in [-0.15, -0.1) is 0 Å². The molecule has 23 heavy (non-hydrogen) atoms. The Morgan fingerprint density at radius 2 is 1.78 bits per heavy atom. The Labute approximate surface area is 133 Å². The molecule has 2 aliphatic rings. The zero-order valence-electron chi connectivity index (χ0n) is 13.1. The van der Waals surface area contributed by atoms with E-state index in [2.05, 4.69) is 5.32 Å². The SMILES string of the molecule is O=C(NCCC1(O)CCOCC1)N1CCN(CC(F)(F)F)CC1. The van der Waals surface area contributed by atoms with Gasteiger partial charge < -0.3 is 20.1 Å². The average molecular weight is 339 g/mol. The first-order valence-electron chi connectivity index (χ1n) is 7.89. The number of ether oxygens (including phenoxy) is 1. The molecule has 2 amide bonds. The van der Waals surface area contributed by atoms with Crippen molar-refractivity contribution in [2.24, 2.45) is 0 Å². The molecule has 0 radical (unpaired) electrons. The van der Waals surface area contributed by atoms with Crippen molar-refractivity contribution < 1.29 is 27.8 Å². The summed E-state index contributed by atoms with van der Waals surface area (Å²) >= 11 is 0. The number of nitrogens with one attached hydrogen (secondary N) is 1. The van der Waals surface area contributed by atoms with E-state index in [1.54, 1.807) is 0 Å². The molecule has 0 saturated carbocycles. The number of alkyl halides is 3. The van der Waals surface area contributed by atoms with Gasteiger partial charge in [-0.1, -0.05) is 0 Å². The fourth-order valence-corrected chi connectivity index (χ4v) is 2.88. The quantitative estimate of drug-likeness (QED) is 0.796. The molecule has 0 aromatic carbocycles. The molecule has 0 bridgehead atoms. The summed E-state index contributed by atoms with van der Waals surface area (Å²) in [6.07, 6.45) is -2.64. The number of carbonyl (C=O) groups is 1. The molecule has 2 N–H and O–H groups in total. The van der Waals surface area contributed by atoms with Crippen LogP contribution in [0.25, 0.3) is 0 Å². The number of piperazine rings is 1. The van der Waals surface area contributed by atoms with E-state index >= 15 is 0 Å². The summed E-state index contributed by atoms with van der Waals surface area (Å²) in [4.78, 5) is 14.8. The van der Waals surface area contributed by atoms with Gasteiger partial charge in [0, 0.05) is 45.9 Å². The minimum atomic E-state index is -4.20. The Balaban J connectivity index is 1.65. The fraction of sp³-hybridized carbons (Fsp3) is 0.929. The minimum Gasteiger partial charge on any atom is -0.390 e. The second-order valence-electron chi connectivity index (χ2n) is 6.20. The first-order chi connectivity index (χ1) is 10.8. The van der Waals surface area contributed by atoms with E-state index in [1.165, 1.54) is 9.80 Å². The summed E-state index contributed by atoms with van der Waals surface area (Å²) in [6, 6.07) is -0.285. The predicted octanol–water partition coefficient (Wildman–Crippen LogP) is 0.808. The molecule has 2 heterocycles. The van der Waals surface area contributed by atoms with Crippen molar-refractivity contribution in [2.45, 2.75) is 31.0 Å². The molecule has 0 aromatic rings. The van der Waals surface area contributed by atoms with Crippen LogP contribution in [0.3, 0.4) is 0 Å². The maximum atomic E-state index is 12.3. The van der Waals surface area contributed by atoms with Crippen molar-refractivity contribution in [1.29, 1.82) is 0 Å². The lowest BCUT2D eigenvalue weighted by Crippen LogP contribution is -2.53. The van der Waals surface area contributed by atoms with Crippen molar-refractivity contribution in [3.63, 3.8) is 0 Å². The van der Waals surface area contributed by atoms with Crippen LogP contribution in [0.15, 0.2) is 0 Å². The highest BCUT2D eigenvalue weighted by molar-refractivity contribution is 5.74. The molecule has 9 heteroatoms. The number of hydrogen-bond donors (Lipinski definition) is 2. The number of carbonyl (C=O) groups excluding carboxylic acids is 1. The molecule has 0 aliphatic carbocycles. The lowest BCUT2D eigenvalue weighted by atomic mass is 9.91. The molecular weight excluding hydrogens is 315 g/mol. The third-order valence-corrected chi connectivity index (χ3v) is 4.35. The lowest BCUT2D eigenvalue weighted by Gasteiger charge is -2.35. The molecule has 2 rings (SSSR count). The van der Waals surface area contributed by atoms with Gasteiger partial charge in [0.2, 0.25) is 0 Å². The first kappa shape index (κ1) is 18.3. The molecule has 2 aliphatic heterocycles. The van der Waals surface area contributed by atoms with Crippen molar-refractivity contribution in [3.05, 3.63) is 0 Å². The molecule has 0 unspecified atom stereocenters. The summed E-state index contributed by atoms with van der Waals surface area (Å²) in [5.74, 6) is 0. The Morgan fingerprint density at radius 1 is 1.17 bits per heavy atom. The molecule has 2 saturated heterocycles. The van der Waals surface area contributed by atoms with E-state index in [1.807, 2.05) is 0 Å². The van der Waals surface area contributed by atoms with Gasteiger partial charge in [-0.3, -0.25) is 4.90 Å². The second kappa shape index (κ2) is 7.67. The smallest absolute Gasteiger partial charge is 0.390 e. The van der Waals surface area contributed by atoms with Crippen LogP contribution >= 0.6 is 0 Å². The van der Waals surface area contributed by atoms with Gasteiger partial charge in [0.25, 0.3) is 0 Å². The Morgan fingerprint density at radius 3 is 2.35 bits per heavy atom. The molecule has 0 atom stereocenters. The van der Waals surface area contributed by atoms with Crippen LogP contribution in [0, 0.1) is 0 Å². The summed E-state index contributed by atoms with van der Waals surface area (Å²) in [5.41, 5.74) is -0.795. The number of halogens is 3. The van der Waals surface area contributed by atoms with Gasteiger partial charge >= 0.3 is 12.2 Å². The second-order valence-corrected chi connectivity index (χ2v) is 6.20. The molecule has 0 aromatic heterocycles. The van der Waals surface area contributed by atoms with Crippen LogP contribution in [0.4, 0.5) is 18.0 Å². The van der Waals surface area contributed by atoms with Crippen LogP contribution in [0.1, 0.15) is 19.3 Å². The topological polar surface area (TPSA) is 65.0 Å². The van der Waals surface area contributed by atoms with Gasteiger partial charge in [0.15, 0.2) is 0 Å². The van der Waals surface area contributed by atoms with E-state index in [4.69, 9.17) is 4.74 Å². The van der Waals surface area contributed by atoms with Gasteiger partial charge in [-0.2, -0.15) is 13.2 Å². The highest BCUT2D eigenvalue weighted by atomic mass is 19.4. The van der Waals surface area contributed by atoms with Crippen LogP contribution in [-0.4, -0.2) is 85.2 Å². The van der Waals surface area contributed by atoms with E-state index in [9.17, 15) is 23.1 Å². The number of rotatable bonds is 4. The monoisotopic (exact) mass is 339 g/mol. The highest BCUT2D eigenvalue weighted by Crippen LogP contribution is 2.23. The normalized spacial score (nSPS) is 22.9. The molecule has 0 spiro atoms. The van der Waals surface area contributed by atoms with Crippen LogP contribution in [-0.2, 0) is 4.74 Å². The predicted molar refractivity (Wildman–Crippen MR) is 77.1 cm³/mol. The average Bonchev–Trinajstić information content (AvgIpc) is 2.47. The largest absolute Gasteiger partial charge is 0.401 e. The standard InChI is InChI=1S/C14H24F3N3O3/c15-14(16,17)11-19-5-7-20(8-6-19)12(21)18-4-1-13(22)2-9-23-10-3-13/h22H,1-11H2,(H,18,21). The number of urea groups is 1. The third kappa shape index (κ3) is 6.15. The Bertz CT molecular complexity index is 392. The zero-order chi connectivity index (χ0) is 16.9. The van der Waals surface area contributed by atoms with Gasteiger partial charge in [0.05, 0.1) is 12.1 Å². The van der Waals surface area contributed by atoms with Crippen molar-refractivity contribution in [1.82, 2.24) is 15.1 Å². The van der Waals surface area contributed by atoms with E-state index < -0.39 is 18.3 Å². The van der Waals surface area contributed by atoms with Crippen molar-refractivity contribution in [3.8, 4) is 0 Å². The maximum Gasteiger partial charge on any atom is 0.401 e. The van der Waals surface area contributed by atoms with Gasteiger partial charge in [0.1, 0.15) is 0 Å². The first-order valence-corrected chi connectivity index (χ1v) is 7.89. The number of amides is 2. The summed E-state index contributed by atoms with van der Waals surface area (Å²) in [6.45, 7) is 1.44.